The number of fused-ring (bicyclic) bond motifs is 1. The molecule has 0 bridgehead atoms. The lowest BCUT2D eigenvalue weighted by Gasteiger charge is -2.07. The normalized spacial score (nSPS) is 11.4. The molecule has 2 rings (SSSR count). The zero-order valence-corrected chi connectivity index (χ0v) is 9.55. The van der Waals surface area contributed by atoms with Gasteiger partial charge < -0.3 is 9.88 Å². The van der Waals surface area contributed by atoms with Crippen molar-refractivity contribution >= 4 is 16.7 Å². The Morgan fingerprint density at radius 3 is 2.71 bits per heavy atom. The van der Waals surface area contributed by atoms with Crippen molar-refractivity contribution in [3.63, 3.8) is 0 Å². The molecule has 0 radical (unpaired) electrons. The molecule has 17 heavy (non-hydrogen) atoms. The summed E-state index contributed by atoms with van der Waals surface area (Å²) in [6.45, 7) is 0.199. The number of carbonyl (C=O) groups is 1. The highest BCUT2D eigenvalue weighted by molar-refractivity contribution is 6.08. The Kier molecular flexibility index (Phi) is 2.93. The molecule has 2 aromatic rings. The maximum atomic E-state index is 13.4. The van der Waals surface area contributed by atoms with Crippen LogP contribution < -0.4 is 0 Å². The number of aromatic amines is 1. The van der Waals surface area contributed by atoms with Crippen LogP contribution in [-0.4, -0.2) is 36.3 Å². The maximum absolute atomic E-state index is 13.4. The molecular formula is C12H12F2N2O. The van der Waals surface area contributed by atoms with Crippen LogP contribution in [0, 0.1) is 11.6 Å². The maximum Gasteiger partial charge on any atom is 0.178 e. The number of nitrogens with one attached hydrogen (secondary N) is 1. The summed E-state index contributed by atoms with van der Waals surface area (Å²) in [5.74, 6) is -1.55. The monoisotopic (exact) mass is 238 g/mol. The van der Waals surface area contributed by atoms with E-state index in [1.54, 1.807) is 19.0 Å². The van der Waals surface area contributed by atoms with E-state index < -0.39 is 11.6 Å². The number of H-pyrrole nitrogens is 1. The van der Waals surface area contributed by atoms with Crippen LogP contribution in [0.5, 0.6) is 0 Å². The van der Waals surface area contributed by atoms with Gasteiger partial charge in [0.25, 0.3) is 0 Å². The molecule has 5 heteroatoms. The molecule has 1 N–H and O–H groups in total. The number of Topliss-reactive ketones (excluding diaryl/α,β-unsaturated/α-hetero) is 1. The number of aromatic nitrogens is 1. The van der Waals surface area contributed by atoms with E-state index in [-0.39, 0.29) is 23.2 Å². The summed E-state index contributed by atoms with van der Waals surface area (Å²) in [6, 6.07) is 1.96. The van der Waals surface area contributed by atoms with Crippen LogP contribution in [-0.2, 0) is 0 Å². The molecule has 0 saturated heterocycles. The molecule has 0 fully saturated rings. The van der Waals surface area contributed by atoms with E-state index in [4.69, 9.17) is 0 Å². The summed E-state index contributed by atoms with van der Waals surface area (Å²) in [5.41, 5.74) is 0.473. The first-order valence-corrected chi connectivity index (χ1v) is 5.13. The van der Waals surface area contributed by atoms with Crippen molar-refractivity contribution in [3.8, 4) is 0 Å². The third-order valence-corrected chi connectivity index (χ3v) is 2.47. The lowest BCUT2D eigenvalue weighted by Crippen LogP contribution is -2.21. The molecule has 0 unspecified atom stereocenters. The molecule has 0 amide bonds. The fourth-order valence-corrected chi connectivity index (χ4v) is 1.76. The van der Waals surface area contributed by atoms with Gasteiger partial charge in [0.2, 0.25) is 0 Å². The second-order valence-corrected chi connectivity index (χ2v) is 4.17. The number of rotatable bonds is 3. The molecule has 1 aromatic carbocycles. The highest BCUT2D eigenvalue weighted by Gasteiger charge is 2.15. The van der Waals surface area contributed by atoms with Crippen LogP contribution in [0.15, 0.2) is 18.3 Å². The highest BCUT2D eigenvalue weighted by Crippen LogP contribution is 2.22. The van der Waals surface area contributed by atoms with Crippen LogP contribution in [0.1, 0.15) is 10.4 Å². The summed E-state index contributed by atoms with van der Waals surface area (Å²) in [6.07, 6.45) is 1.42. The van der Waals surface area contributed by atoms with E-state index in [2.05, 4.69) is 4.98 Å². The van der Waals surface area contributed by atoms with Crippen LogP contribution in [0.4, 0.5) is 8.78 Å². The van der Waals surface area contributed by atoms with Crippen molar-refractivity contribution in [3.05, 3.63) is 35.5 Å². The van der Waals surface area contributed by atoms with E-state index in [0.717, 1.165) is 12.1 Å². The lowest BCUT2D eigenvalue weighted by atomic mass is 10.1. The second-order valence-electron chi connectivity index (χ2n) is 4.17. The van der Waals surface area contributed by atoms with Crippen molar-refractivity contribution in [1.82, 2.24) is 9.88 Å². The Morgan fingerprint density at radius 1 is 1.35 bits per heavy atom. The van der Waals surface area contributed by atoms with Crippen molar-refractivity contribution in [2.45, 2.75) is 0 Å². The quantitative estimate of drug-likeness (QED) is 0.832. The van der Waals surface area contributed by atoms with Gasteiger partial charge in [-0.2, -0.15) is 0 Å². The van der Waals surface area contributed by atoms with Crippen molar-refractivity contribution in [2.24, 2.45) is 0 Å². The second kappa shape index (κ2) is 4.25. The SMILES string of the molecule is CN(C)CC(=O)c1c[nH]c2c(F)cc(F)cc12. The van der Waals surface area contributed by atoms with E-state index in [9.17, 15) is 13.6 Å². The number of likely N-dealkylation sites (N-methyl/N-ethyl adjacent to an activating group) is 1. The zero-order valence-electron chi connectivity index (χ0n) is 9.55. The smallest absolute Gasteiger partial charge is 0.178 e. The van der Waals surface area contributed by atoms with Crippen LogP contribution in [0.25, 0.3) is 10.9 Å². The van der Waals surface area contributed by atoms with Crippen molar-refractivity contribution in [2.75, 3.05) is 20.6 Å². The van der Waals surface area contributed by atoms with E-state index in [1.807, 2.05) is 0 Å². The molecule has 0 saturated carbocycles. The third-order valence-electron chi connectivity index (χ3n) is 2.47. The number of nitrogens with zero attached hydrogens (tertiary/aromatic N) is 1. The molecule has 1 heterocycles. The molecule has 90 valence electrons. The van der Waals surface area contributed by atoms with Gasteiger partial charge in [-0.1, -0.05) is 0 Å². The van der Waals surface area contributed by atoms with Gasteiger partial charge in [0.05, 0.1) is 12.1 Å². The Hall–Kier alpha value is -1.75. The highest BCUT2D eigenvalue weighted by atomic mass is 19.1. The number of ketones is 1. The van der Waals surface area contributed by atoms with Crippen LogP contribution in [0.3, 0.4) is 0 Å². The zero-order chi connectivity index (χ0) is 12.6. The first kappa shape index (κ1) is 11.7. The molecule has 0 aliphatic rings. The largest absolute Gasteiger partial charge is 0.358 e. The standard InChI is InChI=1S/C12H12F2N2O/c1-16(2)6-11(17)9-5-15-12-8(9)3-7(13)4-10(12)14/h3-5,15H,6H2,1-2H3. The number of hydrogen-bond donors (Lipinski definition) is 1. The Morgan fingerprint density at radius 2 is 2.06 bits per heavy atom. The van der Waals surface area contributed by atoms with Crippen LogP contribution >= 0.6 is 0 Å². The number of benzene rings is 1. The average Bonchev–Trinajstić information content (AvgIpc) is 2.59. The van der Waals surface area contributed by atoms with Crippen molar-refractivity contribution in [1.29, 1.82) is 0 Å². The van der Waals surface area contributed by atoms with Gasteiger partial charge in [0, 0.05) is 23.2 Å². The topological polar surface area (TPSA) is 36.1 Å². The molecule has 0 atom stereocenters. The summed E-state index contributed by atoms with van der Waals surface area (Å²) >= 11 is 0. The summed E-state index contributed by atoms with van der Waals surface area (Å²) in [4.78, 5) is 16.2. The minimum Gasteiger partial charge on any atom is -0.358 e. The summed E-state index contributed by atoms with van der Waals surface area (Å²) < 4.78 is 26.5. The van der Waals surface area contributed by atoms with Gasteiger partial charge >= 0.3 is 0 Å². The number of hydrogen-bond acceptors (Lipinski definition) is 2. The molecule has 1 aromatic heterocycles. The number of halogens is 2. The fourth-order valence-electron chi connectivity index (χ4n) is 1.76. The predicted octanol–water partition coefficient (Wildman–Crippen LogP) is 2.19. The summed E-state index contributed by atoms with van der Waals surface area (Å²) in [5, 5.41) is 0.286. The molecule has 0 spiro atoms. The molecule has 0 aliphatic carbocycles. The van der Waals surface area contributed by atoms with E-state index >= 15 is 0 Å². The summed E-state index contributed by atoms with van der Waals surface area (Å²) in [7, 11) is 3.52. The van der Waals surface area contributed by atoms with Gasteiger partial charge in [-0.05, 0) is 20.2 Å². The lowest BCUT2D eigenvalue weighted by molar-refractivity contribution is 0.0959. The Balaban J connectivity index is 2.52. The minimum absolute atomic E-state index is 0.161. The minimum atomic E-state index is -0.691. The van der Waals surface area contributed by atoms with Gasteiger partial charge in [-0.15, -0.1) is 0 Å². The predicted molar refractivity (Wildman–Crippen MR) is 61.1 cm³/mol. The first-order chi connectivity index (χ1) is 7.99. The molecule has 3 nitrogen and oxygen atoms in total. The average molecular weight is 238 g/mol. The molecule has 0 aliphatic heterocycles. The van der Waals surface area contributed by atoms with E-state index in [0.29, 0.717) is 5.56 Å². The van der Waals surface area contributed by atoms with Gasteiger partial charge in [-0.25, -0.2) is 8.78 Å². The third kappa shape index (κ3) is 2.19. The van der Waals surface area contributed by atoms with Crippen molar-refractivity contribution < 1.29 is 13.6 Å². The Labute approximate surface area is 97.0 Å². The van der Waals surface area contributed by atoms with Gasteiger partial charge in [0.15, 0.2) is 5.78 Å². The van der Waals surface area contributed by atoms with Crippen LogP contribution in [0.2, 0.25) is 0 Å². The number of carbonyl (C=O) groups excluding carboxylic acids is 1. The Bertz CT molecular complexity index is 575. The van der Waals surface area contributed by atoms with Gasteiger partial charge in [-0.3, -0.25) is 4.79 Å². The first-order valence-electron chi connectivity index (χ1n) is 5.13. The van der Waals surface area contributed by atoms with Gasteiger partial charge in [0.1, 0.15) is 11.6 Å². The molecular weight excluding hydrogens is 226 g/mol. The fraction of sp³-hybridized carbons (Fsp3) is 0.250. The van der Waals surface area contributed by atoms with E-state index in [1.165, 1.54) is 6.20 Å².